The van der Waals surface area contributed by atoms with E-state index in [9.17, 15) is 14.3 Å². The van der Waals surface area contributed by atoms with E-state index in [1.165, 1.54) is 12.3 Å². The van der Waals surface area contributed by atoms with Crippen LogP contribution in [0.5, 0.6) is 0 Å². The number of hydrogen-bond donors (Lipinski definition) is 2. The Kier molecular flexibility index (Phi) is 5.78. The zero-order valence-corrected chi connectivity index (χ0v) is 15.2. The number of rotatable bonds is 5. The largest absolute Gasteiger partial charge is 0.387 e. The molecule has 7 heteroatoms. The fourth-order valence-corrected chi connectivity index (χ4v) is 2.67. The van der Waals surface area contributed by atoms with Crippen molar-refractivity contribution in [1.82, 2.24) is 9.97 Å². The third-order valence-corrected chi connectivity index (χ3v) is 4.22. The molecule has 27 heavy (non-hydrogen) atoms. The molecule has 138 valence electrons. The van der Waals surface area contributed by atoms with Gasteiger partial charge in [0, 0.05) is 12.4 Å². The van der Waals surface area contributed by atoms with Crippen molar-refractivity contribution in [3.05, 3.63) is 88.1 Å². The molecule has 0 bridgehead atoms. The van der Waals surface area contributed by atoms with Crippen LogP contribution in [-0.2, 0) is 6.42 Å². The molecule has 0 saturated heterocycles. The van der Waals surface area contributed by atoms with Gasteiger partial charge in [0.05, 0.1) is 22.4 Å². The first kappa shape index (κ1) is 18.9. The number of aliphatic hydroxyl groups is 1. The highest BCUT2D eigenvalue weighted by molar-refractivity contribution is 6.30. The van der Waals surface area contributed by atoms with E-state index < -0.39 is 11.9 Å². The summed E-state index contributed by atoms with van der Waals surface area (Å²) in [4.78, 5) is 20.5. The van der Waals surface area contributed by atoms with Gasteiger partial charge in [-0.15, -0.1) is 0 Å². The van der Waals surface area contributed by atoms with Gasteiger partial charge in [-0.3, -0.25) is 9.78 Å². The lowest BCUT2D eigenvalue weighted by Crippen LogP contribution is -2.13. The summed E-state index contributed by atoms with van der Waals surface area (Å²) in [7, 11) is 0. The third-order valence-electron chi connectivity index (χ3n) is 3.94. The number of halogens is 2. The van der Waals surface area contributed by atoms with Crippen molar-refractivity contribution in [3.63, 3.8) is 0 Å². The topological polar surface area (TPSA) is 75.1 Å². The van der Waals surface area contributed by atoms with Crippen LogP contribution in [0.1, 0.15) is 40.2 Å². The normalized spacial score (nSPS) is 11.9. The standard InChI is InChI=1S/C20H17ClFN3O2/c1-12(26)18-6-4-15(11-23-18)20(27)25-19-7-3-14(10-24-19)8-13-2-5-17(22)16(21)9-13/h2-7,9-12,26H,8H2,1H3,(H,24,25,27). The number of nitrogens with one attached hydrogen (secondary N) is 1. The molecule has 0 aliphatic heterocycles. The first-order valence-electron chi connectivity index (χ1n) is 8.26. The van der Waals surface area contributed by atoms with Crippen LogP contribution in [0.2, 0.25) is 5.02 Å². The molecule has 0 radical (unpaired) electrons. The zero-order valence-electron chi connectivity index (χ0n) is 14.5. The molecular weight excluding hydrogens is 369 g/mol. The molecule has 5 nitrogen and oxygen atoms in total. The predicted molar refractivity (Wildman–Crippen MR) is 101 cm³/mol. The van der Waals surface area contributed by atoms with Gasteiger partial charge in [0.15, 0.2) is 0 Å². The van der Waals surface area contributed by atoms with E-state index in [0.29, 0.717) is 23.5 Å². The van der Waals surface area contributed by atoms with Crippen molar-refractivity contribution in [3.8, 4) is 0 Å². The minimum absolute atomic E-state index is 0.0829. The smallest absolute Gasteiger partial charge is 0.258 e. The number of anilines is 1. The molecule has 0 aliphatic carbocycles. The van der Waals surface area contributed by atoms with Crippen LogP contribution in [0.3, 0.4) is 0 Å². The maximum absolute atomic E-state index is 13.2. The summed E-state index contributed by atoms with van der Waals surface area (Å²) in [6, 6.07) is 11.3. The van der Waals surface area contributed by atoms with Crippen molar-refractivity contribution >= 4 is 23.3 Å². The van der Waals surface area contributed by atoms with Crippen LogP contribution in [0.25, 0.3) is 0 Å². The Labute approximate surface area is 160 Å². The lowest BCUT2D eigenvalue weighted by atomic mass is 10.1. The van der Waals surface area contributed by atoms with E-state index in [4.69, 9.17) is 11.6 Å². The summed E-state index contributed by atoms with van der Waals surface area (Å²) in [6.07, 6.45) is 2.91. The first-order chi connectivity index (χ1) is 12.9. The average Bonchev–Trinajstić information content (AvgIpc) is 2.66. The predicted octanol–water partition coefficient (Wildman–Crippen LogP) is 4.17. The maximum Gasteiger partial charge on any atom is 0.258 e. The van der Waals surface area contributed by atoms with Gasteiger partial charge in [-0.05, 0) is 54.8 Å². The van der Waals surface area contributed by atoms with Crippen molar-refractivity contribution in [2.24, 2.45) is 0 Å². The summed E-state index contributed by atoms with van der Waals surface area (Å²) in [5.74, 6) is -0.390. The fraction of sp³-hybridized carbons (Fsp3) is 0.150. The van der Waals surface area contributed by atoms with E-state index in [1.807, 2.05) is 6.07 Å². The minimum atomic E-state index is -0.688. The van der Waals surface area contributed by atoms with Crippen LogP contribution in [0.15, 0.2) is 54.9 Å². The molecule has 0 fully saturated rings. The Morgan fingerprint density at radius 2 is 1.93 bits per heavy atom. The van der Waals surface area contributed by atoms with Gasteiger partial charge >= 0.3 is 0 Å². The molecule has 0 spiro atoms. The number of aromatic nitrogens is 2. The van der Waals surface area contributed by atoms with Crippen LogP contribution >= 0.6 is 11.6 Å². The lowest BCUT2D eigenvalue weighted by Gasteiger charge is -2.08. The van der Waals surface area contributed by atoms with Crippen LogP contribution in [0, 0.1) is 5.82 Å². The second-order valence-corrected chi connectivity index (χ2v) is 6.49. The van der Waals surface area contributed by atoms with Gasteiger partial charge in [-0.2, -0.15) is 0 Å². The van der Waals surface area contributed by atoms with E-state index in [0.717, 1.165) is 11.1 Å². The third kappa shape index (κ3) is 4.87. The molecule has 3 aromatic rings. The van der Waals surface area contributed by atoms with Gasteiger partial charge in [0.1, 0.15) is 11.6 Å². The van der Waals surface area contributed by atoms with E-state index in [-0.39, 0.29) is 10.9 Å². The van der Waals surface area contributed by atoms with E-state index in [1.54, 1.807) is 43.5 Å². The second-order valence-electron chi connectivity index (χ2n) is 6.08. The Morgan fingerprint density at radius 1 is 1.15 bits per heavy atom. The van der Waals surface area contributed by atoms with Gasteiger partial charge in [-0.1, -0.05) is 23.7 Å². The van der Waals surface area contributed by atoms with Crippen LogP contribution in [-0.4, -0.2) is 21.0 Å². The molecule has 2 N–H and O–H groups in total. The SMILES string of the molecule is CC(O)c1ccc(C(=O)Nc2ccc(Cc3ccc(F)c(Cl)c3)cn2)cn1. The highest BCUT2D eigenvalue weighted by Gasteiger charge is 2.09. The van der Waals surface area contributed by atoms with Crippen molar-refractivity contribution < 1.29 is 14.3 Å². The number of pyridine rings is 2. The molecule has 1 atom stereocenters. The molecule has 1 unspecified atom stereocenters. The van der Waals surface area contributed by atoms with Crippen molar-refractivity contribution in [2.45, 2.75) is 19.4 Å². The molecule has 0 saturated carbocycles. The van der Waals surface area contributed by atoms with Crippen LogP contribution in [0.4, 0.5) is 10.2 Å². The Bertz CT molecular complexity index is 944. The van der Waals surface area contributed by atoms with Gasteiger partial charge in [-0.25, -0.2) is 9.37 Å². The monoisotopic (exact) mass is 385 g/mol. The highest BCUT2D eigenvalue weighted by atomic mass is 35.5. The Balaban J connectivity index is 1.64. The molecule has 0 aliphatic rings. The second kappa shape index (κ2) is 8.24. The summed E-state index contributed by atoms with van der Waals surface area (Å²) in [5, 5.41) is 12.2. The number of nitrogens with zero attached hydrogens (tertiary/aromatic N) is 2. The fourth-order valence-electron chi connectivity index (χ4n) is 2.46. The molecule has 3 rings (SSSR count). The summed E-state index contributed by atoms with van der Waals surface area (Å²) < 4.78 is 13.2. The quantitative estimate of drug-likeness (QED) is 0.691. The average molecular weight is 386 g/mol. The molecule has 2 heterocycles. The van der Waals surface area contributed by atoms with Crippen molar-refractivity contribution in [2.75, 3.05) is 5.32 Å². The first-order valence-corrected chi connectivity index (χ1v) is 8.64. The number of hydrogen-bond acceptors (Lipinski definition) is 4. The van der Waals surface area contributed by atoms with Gasteiger partial charge in [0.2, 0.25) is 0 Å². The molecule has 2 aromatic heterocycles. The Morgan fingerprint density at radius 3 is 2.52 bits per heavy atom. The zero-order chi connectivity index (χ0) is 19.4. The number of carbonyl (C=O) groups excluding carboxylic acids is 1. The lowest BCUT2D eigenvalue weighted by molar-refractivity contribution is 0.102. The summed E-state index contributed by atoms with van der Waals surface area (Å²) >= 11 is 5.79. The van der Waals surface area contributed by atoms with Gasteiger partial charge in [0.25, 0.3) is 5.91 Å². The number of carbonyl (C=O) groups is 1. The number of amides is 1. The van der Waals surface area contributed by atoms with Crippen LogP contribution < -0.4 is 5.32 Å². The summed E-state index contributed by atoms with van der Waals surface area (Å²) in [6.45, 7) is 1.60. The molecule has 1 amide bonds. The maximum atomic E-state index is 13.2. The van der Waals surface area contributed by atoms with Crippen molar-refractivity contribution in [1.29, 1.82) is 0 Å². The highest BCUT2D eigenvalue weighted by Crippen LogP contribution is 2.19. The molecular formula is C20H17ClFN3O2. The van der Waals surface area contributed by atoms with Gasteiger partial charge < -0.3 is 10.4 Å². The van der Waals surface area contributed by atoms with E-state index >= 15 is 0 Å². The molecule has 1 aromatic carbocycles. The number of benzene rings is 1. The number of aliphatic hydroxyl groups excluding tert-OH is 1. The van der Waals surface area contributed by atoms with E-state index in [2.05, 4.69) is 15.3 Å². The minimum Gasteiger partial charge on any atom is -0.387 e. The summed E-state index contributed by atoms with van der Waals surface area (Å²) in [5.41, 5.74) is 2.63. The Hall–Kier alpha value is -2.83.